The summed E-state index contributed by atoms with van der Waals surface area (Å²) < 4.78 is 41.5. The van der Waals surface area contributed by atoms with Crippen LogP contribution in [0.3, 0.4) is 0 Å². The molecule has 0 unspecified atom stereocenters. The number of rotatable bonds is 2. The number of benzene rings is 1. The Kier molecular flexibility index (Phi) is 2.61. The van der Waals surface area contributed by atoms with Gasteiger partial charge in [0.2, 0.25) is 5.78 Å². The number of para-hydroxylation sites is 1. The number of ether oxygens (including phenoxy) is 1. The molecule has 0 bridgehead atoms. The van der Waals surface area contributed by atoms with Crippen LogP contribution in [0.15, 0.2) is 18.2 Å². The van der Waals surface area contributed by atoms with Crippen LogP contribution in [-0.4, -0.2) is 18.6 Å². The monoisotopic (exact) mass is 230 g/mol. The summed E-state index contributed by atoms with van der Waals surface area (Å²) in [5, 5.41) is 0. The largest absolute Gasteiger partial charge is 0.493 e. The number of ketones is 1. The van der Waals surface area contributed by atoms with E-state index in [1.54, 1.807) is 12.1 Å². The molecule has 0 atom stereocenters. The van der Waals surface area contributed by atoms with Gasteiger partial charge in [-0.05, 0) is 5.56 Å². The number of carbonyl (C=O) groups excluding carboxylic acids is 1. The molecule has 0 radical (unpaired) electrons. The zero-order valence-corrected chi connectivity index (χ0v) is 8.30. The van der Waals surface area contributed by atoms with Gasteiger partial charge in [-0.15, -0.1) is 0 Å². The van der Waals surface area contributed by atoms with Crippen LogP contribution in [0.4, 0.5) is 13.2 Å². The van der Waals surface area contributed by atoms with E-state index >= 15 is 0 Å². The number of fused-ring (bicyclic) bond motifs is 1. The highest BCUT2D eigenvalue weighted by molar-refractivity contribution is 5.86. The standard InChI is InChI=1S/C11H9F3O2/c12-11(13,14)9(15)6-8-3-1-2-7-4-5-16-10(7)8/h1-3H,4-6H2. The van der Waals surface area contributed by atoms with Crippen molar-refractivity contribution < 1.29 is 22.7 Å². The van der Waals surface area contributed by atoms with Crippen LogP contribution in [0.1, 0.15) is 11.1 Å². The molecule has 2 rings (SSSR count). The van der Waals surface area contributed by atoms with Crippen LogP contribution >= 0.6 is 0 Å². The molecule has 0 aliphatic carbocycles. The molecule has 0 amide bonds. The highest BCUT2D eigenvalue weighted by atomic mass is 19.4. The number of Topliss-reactive ketones (excluding diaryl/α,β-unsaturated/α-hetero) is 1. The Balaban J connectivity index is 2.23. The molecule has 16 heavy (non-hydrogen) atoms. The molecule has 1 aromatic carbocycles. The minimum absolute atomic E-state index is 0.317. The average molecular weight is 230 g/mol. The molecule has 5 heteroatoms. The fourth-order valence-electron chi connectivity index (χ4n) is 1.70. The predicted octanol–water partition coefficient (Wildman–Crippen LogP) is 2.30. The van der Waals surface area contributed by atoms with E-state index in [2.05, 4.69) is 0 Å². The molecule has 0 saturated heterocycles. The molecule has 2 nitrogen and oxygen atoms in total. The van der Waals surface area contributed by atoms with Gasteiger partial charge in [-0.1, -0.05) is 18.2 Å². The third-order valence-corrected chi connectivity index (χ3v) is 2.46. The summed E-state index contributed by atoms with van der Waals surface area (Å²) in [6.07, 6.45) is -4.74. The topological polar surface area (TPSA) is 26.3 Å². The molecular weight excluding hydrogens is 221 g/mol. The number of carbonyl (C=O) groups is 1. The predicted molar refractivity (Wildman–Crippen MR) is 50.4 cm³/mol. The second kappa shape index (κ2) is 3.81. The lowest BCUT2D eigenvalue weighted by molar-refractivity contribution is -0.170. The summed E-state index contributed by atoms with van der Waals surface area (Å²) in [7, 11) is 0. The van der Waals surface area contributed by atoms with Crippen LogP contribution < -0.4 is 4.74 Å². The summed E-state index contributed by atoms with van der Waals surface area (Å²) in [5.74, 6) is -1.29. The molecule has 1 aromatic rings. The third kappa shape index (κ3) is 2.03. The molecule has 0 fully saturated rings. The summed E-state index contributed by atoms with van der Waals surface area (Å²) in [4.78, 5) is 10.9. The maximum atomic E-state index is 12.1. The van der Waals surface area contributed by atoms with Gasteiger partial charge < -0.3 is 4.74 Å². The number of halogens is 3. The SMILES string of the molecule is O=C(Cc1cccc2c1OCC2)C(F)(F)F. The van der Waals surface area contributed by atoms with Gasteiger partial charge in [0.15, 0.2) is 0 Å². The van der Waals surface area contributed by atoms with E-state index in [4.69, 9.17) is 4.74 Å². The van der Waals surface area contributed by atoms with Crippen LogP contribution in [0.5, 0.6) is 5.75 Å². The first-order valence-corrected chi connectivity index (χ1v) is 4.82. The second-order valence-electron chi connectivity index (χ2n) is 3.60. The molecule has 86 valence electrons. The van der Waals surface area contributed by atoms with Gasteiger partial charge in [-0.3, -0.25) is 4.79 Å². The molecule has 1 aliphatic heterocycles. The van der Waals surface area contributed by atoms with E-state index < -0.39 is 18.4 Å². The molecular formula is C11H9F3O2. The van der Waals surface area contributed by atoms with Gasteiger partial charge in [0, 0.05) is 18.4 Å². The Hall–Kier alpha value is -1.52. The van der Waals surface area contributed by atoms with E-state index in [0.29, 0.717) is 24.3 Å². The van der Waals surface area contributed by atoms with Crippen molar-refractivity contribution in [3.63, 3.8) is 0 Å². The smallest absolute Gasteiger partial charge is 0.450 e. The summed E-state index contributed by atoms with van der Waals surface area (Å²) in [6.45, 7) is 0.465. The maximum absolute atomic E-state index is 12.1. The van der Waals surface area contributed by atoms with Crippen molar-refractivity contribution in [1.29, 1.82) is 0 Å². The quantitative estimate of drug-likeness (QED) is 0.779. The van der Waals surface area contributed by atoms with Gasteiger partial charge in [0.1, 0.15) is 5.75 Å². The third-order valence-electron chi connectivity index (χ3n) is 2.46. The van der Waals surface area contributed by atoms with Crippen molar-refractivity contribution in [2.24, 2.45) is 0 Å². The van der Waals surface area contributed by atoms with E-state index in [9.17, 15) is 18.0 Å². The lowest BCUT2D eigenvalue weighted by Crippen LogP contribution is -2.24. The molecule has 0 aromatic heterocycles. The summed E-state index contributed by atoms with van der Waals surface area (Å²) in [6, 6.07) is 4.93. The lowest BCUT2D eigenvalue weighted by Gasteiger charge is -2.08. The summed E-state index contributed by atoms with van der Waals surface area (Å²) >= 11 is 0. The van der Waals surface area contributed by atoms with Crippen LogP contribution in [0.25, 0.3) is 0 Å². The zero-order chi connectivity index (χ0) is 11.8. The second-order valence-corrected chi connectivity index (χ2v) is 3.60. The highest BCUT2D eigenvalue weighted by Crippen LogP contribution is 2.31. The van der Waals surface area contributed by atoms with E-state index in [-0.39, 0.29) is 0 Å². The first-order chi connectivity index (χ1) is 7.48. The van der Waals surface area contributed by atoms with Crippen LogP contribution in [0, 0.1) is 0 Å². The molecule has 0 saturated carbocycles. The Labute approximate surface area is 90.0 Å². The van der Waals surface area contributed by atoms with Gasteiger partial charge >= 0.3 is 6.18 Å². The molecule has 1 heterocycles. The van der Waals surface area contributed by atoms with Crippen molar-refractivity contribution in [1.82, 2.24) is 0 Å². The van der Waals surface area contributed by atoms with E-state index in [0.717, 1.165) is 5.56 Å². The minimum atomic E-state index is -4.78. The number of alkyl halides is 3. The van der Waals surface area contributed by atoms with Crippen LogP contribution in [0.2, 0.25) is 0 Å². The number of hydrogen-bond donors (Lipinski definition) is 0. The van der Waals surface area contributed by atoms with Crippen molar-refractivity contribution >= 4 is 5.78 Å². The van der Waals surface area contributed by atoms with Gasteiger partial charge in [-0.25, -0.2) is 0 Å². The fraction of sp³-hybridized carbons (Fsp3) is 0.364. The van der Waals surface area contributed by atoms with E-state index in [1.807, 2.05) is 0 Å². The zero-order valence-electron chi connectivity index (χ0n) is 8.30. The first-order valence-electron chi connectivity index (χ1n) is 4.82. The van der Waals surface area contributed by atoms with Crippen molar-refractivity contribution in [2.45, 2.75) is 19.0 Å². The normalized spacial score (nSPS) is 14.4. The molecule has 1 aliphatic rings. The lowest BCUT2D eigenvalue weighted by atomic mass is 10.0. The Morgan fingerprint density at radius 1 is 1.38 bits per heavy atom. The van der Waals surface area contributed by atoms with Crippen LogP contribution in [-0.2, 0) is 17.6 Å². The van der Waals surface area contributed by atoms with Gasteiger partial charge in [-0.2, -0.15) is 13.2 Å². The fourth-order valence-corrected chi connectivity index (χ4v) is 1.70. The maximum Gasteiger partial charge on any atom is 0.450 e. The van der Waals surface area contributed by atoms with Crippen molar-refractivity contribution in [3.8, 4) is 5.75 Å². The van der Waals surface area contributed by atoms with Crippen molar-refractivity contribution in [3.05, 3.63) is 29.3 Å². The number of hydrogen-bond acceptors (Lipinski definition) is 2. The molecule has 0 spiro atoms. The van der Waals surface area contributed by atoms with Gasteiger partial charge in [0.25, 0.3) is 0 Å². The summed E-state index contributed by atoms with van der Waals surface area (Å²) in [5.41, 5.74) is 1.18. The van der Waals surface area contributed by atoms with Crippen molar-refractivity contribution in [2.75, 3.05) is 6.61 Å². The Morgan fingerprint density at radius 3 is 2.81 bits per heavy atom. The Morgan fingerprint density at radius 2 is 2.12 bits per heavy atom. The minimum Gasteiger partial charge on any atom is -0.493 e. The van der Waals surface area contributed by atoms with E-state index in [1.165, 1.54) is 6.07 Å². The highest BCUT2D eigenvalue weighted by Gasteiger charge is 2.38. The van der Waals surface area contributed by atoms with Gasteiger partial charge in [0.05, 0.1) is 6.61 Å². The average Bonchev–Trinajstić information content (AvgIpc) is 2.65. The first kappa shape index (κ1) is 11.0. The Bertz CT molecular complexity index is 424. The molecule has 0 N–H and O–H groups in total.